The van der Waals surface area contributed by atoms with E-state index < -0.39 is 5.82 Å². The Bertz CT molecular complexity index is 1400. The Balaban J connectivity index is 1.05. The second kappa shape index (κ2) is 12.0. The van der Waals surface area contributed by atoms with Crippen molar-refractivity contribution in [1.82, 2.24) is 29.6 Å². The Hall–Kier alpha value is -3.50. The monoisotopic (exact) mass is 577 g/mol. The van der Waals surface area contributed by atoms with Crippen LogP contribution in [0, 0.1) is 17.1 Å². The van der Waals surface area contributed by atoms with Crippen LogP contribution in [-0.2, 0) is 9.47 Å². The third kappa shape index (κ3) is 5.74. The van der Waals surface area contributed by atoms with Crippen molar-refractivity contribution in [1.29, 1.82) is 5.26 Å². The standard InChI is InChI=1S/C30H40FN9O2/c1-22(4-7-28(33-3)38-12-13-41-30(21-38)19-34-20-30)37-10-8-36(9-11-37)17-25-18-39(16-23(2)42-25)27-6-5-24(14-32)40-29(27)26(31)15-35-40/h4-7,15,23,25,34H,3,8-13,16-21H2,1-2H3/b22-4+,28-7+/t23-,25+/m1/s1. The van der Waals surface area contributed by atoms with Crippen LogP contribution in [-0.4, -0.2) is 127 Å². The van der Waals surface area contributed by atoms with E-state index in [1.165, 1.54) is 16.4 Å². The molecule has 224 valence electrons. The number of ether oxygens (including phenoxy) is 2. The molecule has 4 aliphatic rings. The summed E-state index contributed by atoms with van der Waals surface area (Å²) in [5.41, 5.74) is 2.52. The Labute approximate surface area is 246 Å². The highest BCUT2D eigenvalue weighted by Gasteiger charge is 2.42. The fourth-order valence-corrected chi connectivity index (χ4v) is 6.52. The van der Waals surface area contributed by atoms with Crippen LogP contribution >= 0.6 is 0 Å². The van der Waals surface area contributed by atoms with Gasteiger partial charge in [0.25, 0.3) is 0 Å². The van der Waals surface area contributed by atoms with E-state index in [2.05, 4.69) is 73.8 Å². The fourth-order valence-electron chi connectivity index (χ4n) is 6.52. The summed E-state index contributed by atoms with van der Waals surface area (Å²) in [6, 6.07) is 5.62. The minimum absolute atomic E-state index is 0.00162. The molecular formula is C30H40FN9O2. The molecule has 0 unspecified atom stereocenters. The number of halogens is 1. The number of hydrogen-bond donors (Lipinski definition) is 1. The number of piperazine rings is 1. The minimum atomic E-state index is -0.423. The molecule has 0 aliphatic carbocycles. The Kier molecular flexibility index (Phi) is 8.18. The molecule has 2 aromatic heterocycles. The van der Waals surface area contributed by atoms with Gasteiger partial charge in [-0.1, -0.05) is 0 Å². The summed E-state index contributed by atoms with van der Waals surface area (Å²) in [4.78, 5) is 13.6. The van der Waals surface area contributed by atoms with E-state index in [1.54, 1.807) is 6.07 Å². The average Bonchev–Trinajstić information content (AvgIpc) is 3.38. The number of rotatable bonds is 7. The lowest BCUT2D eigenvalue weighted by molar-refractivity contribution is -0.128. The molecule has 0 amide bonds. The molecule has 1 N–H and O–H groups in total. The number of fused-ring (bicyclic) bond motifs is 1. The lowest BCUT2D eigenvalue weighted by Gasteiger charge is -2.49. The van der Waals surface area contributed by atoms with Crippen molar-refractivity contribution in [2.24, 2.45) is 4.99 Å². The predicted octanol–water partition coefficient (Wildman–Crippen LogP) is 1.68. The van der Waals surface area contributed by atoms with Crippen LogP contribution < -0.4 is 10.2 Å². The van der Waals surface area contributed by atoms with Gasteiger partial charge in [0.15, 0.2) is 5.82 Å². The maximum absolute atomic E-state index is 14.7. The number of nitrogens with zero attached hydrogens (tertiary/aromatic N) is 8. The largest absolute Gasteiger partial charge is 0.372 e. The maximum Gasteiger partial charge on any atom is 0.171 e. The molecule has 2 aromatic rings. The first-order valence-corrected chi connectivity index (χ1v) is 14.8. The molecule has 4 saturated heterocycles. The van der Waals surface area contributed by atoms with E-state index in [0.29, 0.717) is 30.9 Å². The second-order valence-corrected chi connectivity index (χ2v) is 11.8. The van der Waals surface area contributed by atoms with Gasteiger partial charge in [-0.15, -0.1) is 0 Å². The van der Waals surface area contributed by atoms with Crippen molar-refractivity contribution in [2.45, 2.75) is 31.7 Å². The summed E-state index contributed by atoms with van der Waals surface area (Å²) in [6.07, 6.45) is 5.39. The van der Waals surface area contributed by atoms with Gasteiger partial charge in [0.1, 0.15) is 28.7 Å². The number of pyridine rings is 1. The molecular weight excluding hydrogens is 537 g/mol. The summed E-state index contributed by atoms with van der Waals surface area (Å²) in [6.45, 7) is 18.0. The second-order valence-electron chi connectivity index (χ2n) is 11.8. The third-order valence-electron chi connectivity index (χ3n) is 8.81. The van der Waals surface area contributed by atoms with Crippen LogP contribution in [0.4, 0.5) is 10.1 Å². The van der Waals surface area contributed by atoms with Gasteiger partial charge in [-0.25, -0.2) is 13.9 Å². The van der Waals surface area contributed by atoms with Crippen LogP contribution in [0.25, 0.3) is 5.52 Å². The Morgan fingerprint density at radius 1 is 1.21 bits per heavy atom. The molecule has 1 spiro atoms. The van der Waals surface area contributed by atoms with E-state index in [1.807, 2.05) is 6.07 Å². The predicted molar refractivity (Wildman–Crippen MR) is 159 cm³/mol. The summed E-state index contributed by atoms with van der Waals surface area (Å²) >= 11 is 0. The number of aliphatic imine (C=N–C) groups is 1. The highest BCUT2D eigenvalue weighted by molar-refractivity contribution is 5.74. The molecule has 0 radical (unpaired) electrons. The fraction of sp³-hybridized carbons (Fsp3) is 0.567. The van der Waals surface area contributed by atoms with Crippen molar-refractivity contribution in [3.05, 3.63) is 53.5 Å². The zero-order chi connectivity index (χ0) is 29.3. The molecule has 6 heterocycles. The molecule has 6 rings (SSSR count). The molecule has 0 aromatic carbocycles. The molecule has 0 bridgehead atoms. The molecule has 4 fully saturated rings. The summed E-state index contributed by atoms with van der Waals surface area (Å²) in [5.74, 6) is 0.471. The quantitative estimate of drug-likeness (QED) is 0.390. The van der Waals surface area contributed by atoms with Crippen LogP contribution in [0.3, 0.4) is 0 Å². The van der Waals surface area contributed by atoms with Gasteiger partial charge < -0.3 is 29.5 Å². The van der Waals surface area contributed by atoms with Crippen LogP contribution in [0.5, 0.6) is 0 Å². The van der Waals surface area contributed by atoms with Gasteiger partial charge in [-0.2, -0.15) is 10.4 Å². The van der Waals surface area contributed by atoms with E-state index in [-0.39, 0.29) is 17.8 Å². The Morgan fingerprint density at radius 2 is 2.02 bits per heavy atom. The van der Waals surface area contributed by atoms with Crippen LogP contribution in [0.15, 0.2) is 47.0 Å². The van der Waals surface area contributed by atoms with Gasteiger partial charge in [0.2, 0.25) is 0 Å². The van der Waals surface area contributed by atoms with E-state index >= 15 is 0 Å². The SMILES string of the molecule is C=N/C(=C\C=C(/C)N1CCN(C[C@H]2CN(c3ccc(C#N)n4ncc(F)c34)C[C@@H](C)O2)CC1)N1CCOC2(CNC2)C1. The Morgan fingerprint density at radius 3 is 2.74 bits per heavy atom. The number of nitriles is 1. The zero-order valence-electron chi connectivity index (χ0n) is 24.5. The number of hydrogen-bond acceptors (Lipinski definition) is 10. The molecule has 4 aliphatic heterocycles. The van der Waals surface area contributed by atoms with Crippen molar-refractivity contribution in [2.75, 3.05) is 83.5 Å². The van der Waals surface area contributed by atoms with E-state index in [4.69, 9.17) is 9.47 Å². The van der Waals surface area contributed by atoms with Gasteiger partial charge in [0.05, 0.1) is 37.2 Å². The van der Waals surface area contributed by atoms with Gasteiger partial charge in [0, 0.05) is 71.1 Å². The summed E-state index contributed by atoms with van der Waals surface area (Å²) in [7, 11) is 0. The molecule has 12 heteroatoms. The van der Waals surface area contributed by atoms with Crippen molar-refractivity contribution in [3.8, 4) is 6.07 Å². The smallest absolute Gasteiger partial charge is 0.171 e. The minimum Gasteiger partial charge on any atom is -0.372 e. The highest BCUT2D eigenvalue weighted by atomic mass is 19.1. The van der Waals surface area contributed by atoms with Gasteiger partial charge in [-0.05, 0) is 44.8 Å². The number of nitrogens with one attached hydrogen (secondary N) is 1. The van der Waals surface area contributed by atoms with E-state index in [9.17, 15) is 9.65 Å². The van der Waals surface area contributed by atoms with E-state index in [0.717, 1.165) is 70.4 Å². The van der Waals surface area contributed by atoms with Crippen molar-refractivity contribution >= 4 is 17.9 Å². The molecule has 2 atom stereocenters. The number of aromatic nitrogens is 2. The van der Waals surface area contributed by atoms with Gasteiger partial charge >= 0.3 is 0 Å². The van der Waals surface area contributed by atoms with Gasteiger partial charge in [-0.3, -0.25) is 4.90 Å². The topological polar surface area (TPSA) is 96.9 Å². The number of allylic oxidation sites excluding steroid dienone is 3. The zero-order valence-corrected chi connectivity index (χ0v) is 24.5. The first kappa shape index (κ1) is 28.6. The third-order valence-corrected chi connectivity index (χ3v) is 8.81. The first-order chi connectivity index (χ1) is 20.4. The normalized spacial score (nSPS) is 25.5. The highest BCUT2D eigenvalue weighted by Crippen LogP contribution is 2.29. The van der Waals surface area contributed by atoms with Crippen molar-refractivity contribution in [3.63, 3.8) is 0 Å². The number of morpholine rings is 2. The summed E-state index contributed by atoms with van der Waals surface area (Å²) < 4.78 is 28.4. The summed E-state index contributed by atoms with van der Waals surface area (Å²) in [5, 5.41) is 16.8. The first-order valence-electron chi connectivity index (χ1n) is 14.8. The number of anilines is 1. The molecule has 0 saturated carbocycles. The molecule has 11 nitrogen and oxygen atoms in total. The molecule has 42 heavy (non-hydrogen) atoms. The lowest BCUT2D eigenvalue weighted by atomic mass is 9.94. The maximum atomic E-state index is 14.7. The van der Waals surface area contributed by atoms with Crippen LogP contribution in [0.2, 0.25) is 0 Å². The van der Waals surface area contributed by atoms with Crippen molar-refractivity contribution < 1.29 is 13.9 Å². The average molecular weight is 578 g/mol. The lowest BCUT2D eigenvalue weighted by Crippen LogP contribution is -2.68. The van der Waals surface area contributed by atoms with Crippen LogP contribution in [0.1, 0.15) is 19.5 Å².